The minimum atomic E-state index is 0.0896. The highest BCUT2D eigenvalue weighted by atomic mass is 16.3. The van der Waals surface area contributed by atoms with Crippen LogP contribution in [0.5, 0.6) is 0 Å². The SMILES string of the molecule is OCCn1cc(-c2ccnc(N3CCCC3)n2)c([C@H]2CCCNC2)n1. The second-order valence-corrected chi connectivity index (χ2v) is 6.89. The van der Waals surface area contributed by atoms with Crippen molar-refractivity contribution in [3.63, 3.8) is 0 Å². The zero-order valence-corrected chi connectivity index (χ0v) is 14.6. The molecular weight excluding hydrogens is 316 g/mol. The van der Waals surface area contributed by atoms with E-state index in [1.165, 1.54) is 19.3 Å². The number of aromatic nitrogens is 4. The Morgan fingerprint density at radius 1 is 1.24 bits per heavy atom. The van der Waals surface area contributed by atoms with E-state index < -0.39 is 0 Å². The Kier molecular flexibility index (Phi) is 4.94. The van der Waals surface area contributed by atoms with Crippen molar-refractivity contribution < 1.29 is 5.11 Å². The summed E-state index contributed by atoms with van der Waals surface area (Å²) in [7, 11) is 0. The summed E-state index contributed by atoms with van der Waals surface area (Å²) in [4.78, 5) is 11.6. The van der Waals surface area contributed by atoms with Gasteiger partial charge in [0.05, 0.1) is 24.5 Å². The first-order valence-electron chi connectivity index (χ1n) is 9.32. The molecule has 0 unspecified atom stereocenters. The average Bonchev–Trinajstić information content (AvgIpc) is 3.33. The molecule has 0 aliphatic carbocycles. The van der Waals surface area contributed by atoms with Crippen LogP contribution < -0.4 is 10.2 Å². The van der Waals surface area contributed by atoms with Crippen LogP contribution in [0.4, 0.5) is 5.95 Å². The molecular formula is C18H26N6O. The van der Waals surface area contributed by atoms with E-state index in [4.69, 9.17) is 10.1 Å². The van der Waals surface area contributed by atoms with Crippen molar-refractivity contribution in [2.24, 2.45) is 0 Å². The van der Waals surface area contributed by atoms with Crippen molar-refractivity contribution in [1.82, 2.24) is 25.1 Å². The predicted molar refractivity (Wildman–Crippen MR) is 96.6 cm³/mol. The van der Waals surface area contributed by atoms with E-state index in [1.807, 2.05) is 23.1 Å². The molecule has 2 aliphatic heterocycles. The highest BCUT2D eigenvalue weighted by molar-refractivity contribution is 5.63. The lowest BCUT2D eigenvalue weighted by Crippen LogP contribution is -2.29. The number of piperidine rings is 1. The van der Waals surface area contributed by atoms with Crippen molar-refractivity contribution in [3.05, 3.63) is 24.2 Å². The maximum atomic E-state index is 9.28. The molecule has 0 saturated carbocycles. The lowest BCUT2D eigenvalue weighted by molar-refractivity contribution is 0.268. The maximum Gasteiger partial charge on any atom is 0.225 e. The lowest BCUT2D eigenvalue weighted by atomic mass is 9.93. The number of aliphatic hydroxyl groups is 1. The molecule has 0 bridgehead atoms. The molecule has 4 heterocycles. The summed E-state index contributed by atoms with van der Waals surface area (Å²) in [6.45, 7) is 4.70. The van der Waals surface area contributed by atoms with E-state index in [0.717, 1.165) is 55.5 Å². The minimum absolute atomic E-state index is 0.0896. The first-order chi connectivity index (χ1) is 12.3. The standard InChI is InChI=1S/C18H26N6O/c25-11-10-24-13-15(17(22-24)14-4-3-6-19-12-14)16-5-7-20-18(21-16)23-8-1-2-9-23/h5,7,13-14,19,25H,1-4,6,8-12H2/t14-/m0/s1. The van der Waals surface area contributed by atoms with Crippen LogP contribution in [-0.2, 0) is 6.54 Å². The monoisotopic (exact) mass is 342 g/mol. The van der Waals surface area contributed by atoms with E-state index in [9.17, 15) is 5.11 Å². The molecule has 2 N–H and O–H groups in total. The fourth-order valence-corrected chi connectivity index (χ4v) is 3.81. The third-order valence-corrected chi connectivity index (χ3v) is 5.11. The molecule has 7 heteroatoms. The fraction of sp³-hybridized carbons (Fsp3) is 0.611. The predicted octanol–water partition coefficient (Wildman–Crippen LogP) is 1.40. The molecule has 4 rings (SSSR count). The first kappa shape index (κ1) is 16.5. The molecule has 0 amide bonds. The van der Waals surface area contributed by atoms with Crippen LogP contribution in [0.15, 0.2) is 18.5 Å². The fourth-order valence-electron chi connectivity index (χ4n) is 3.81. The summed E-state index contributed by atoms with van der Waals surface area (Å²) in [6.07, 6.45) is 8.60. The summed E-state index contributed by atoms with van der Waals surface area (Å²) < 4.78 is 1.84. The molecule has 25 heavy (non-hydrogen) atoms. The van der Waals surface area contributed by atoms with Gasteiger partial charge in [-0.3, -0.25) is 4.68 Å². The topological polar surface area (TPSA) is 79.1 Å². The largest absolute Gasteiger partial charge is 0.394 e. The maximum absolute atomic E-state index is 9.28. The molecule has 0 spiro atoms. The number of hydrogen-bond acceptors (Lipinski definition) is 6. The van der Waals surface area contributed by atoms with E-state index in [0.29, 0.717) is 12.5 Å². The van der Waals surface area contributed by atoms with Crippen molar-refractivity contribution in [3.8, 4) is 11.3 Å². The van der Waals surface area contributed by atoms with Gasteiger partial charge in [0.1, 0.15) is 0 Å². The van der Waals surface area contributed by atoms with Gasteiger partial charge in [-0.25, -0.2) is 9.97 Å². The van der Waals surface area contributed by atoms with Crippen LogP contribution >= 0.6 is 0 Å². The number of hydrogen-bond donors (Lipinski definition) is 2. The third-order valence-electron chi connectivity index (χ3n) is 5.11. The molecule has 2 aliphatic rings. The number of nitrogens with zero attached hydrogens (tertiary/aromatic N) is 5. The van der Waals surface area contributed by atoms with Gasteiger partial charge in [-0.15, -0.1) is 0 Å². The van der Waals surface area contributed by atoms with Crippen LogP contribution in [0, 0.1) is 0 Å². The Balaban J connectivity index is 1.69. The Labute approximate surface area is 148 Å². The summed E-state index contributed by atoms with van der Waals surface area (Å²) >= 11 is 0. The highest BCUT2D eigenvalue weighted by Crippen LogP contribution is 2.31. The molecule has 2 saturated heterocycles. The number of nitrogens with one attached hydrogen (secondary N) is 1. The number of anilines is 1. The smallest absolute Gasteiger partial charge is 0.225 e. The van der Waals surface area contributed by atoms with E-state index in [2.05, 4.69) is 15.2 Å². The Hall–Kier alpha value is -1.99. The van der Waals surface area contributed by atoms with Crippen LogP contribution in [-0.4, -0.2) is 57.6 Å². The zero-order valence-electron chi connectivity index (χ0n) is 14.6. The molecule has 2 aromatic heterocycles. The first-order valence-corrected chi connectivity index (χ1v) is 9.32. The molecule has 2 fully saturated rings. The lowest BCUT2D eigenvalue weighted by Gasteiger charge is -2.22. The summed E-state index contributed by atoms with van der Waals surface area (Å²) in [5, 5.41) is 17.5. The van der Waals surface area contributed by atoms with Gasteiger partial charge >= 0.3 is 0 Å². The van der Waals surface area contributed by atoms with Gasteiger partial charge in [0, 0.05) is 43.5 Å². The zero-order chi connectivity index (χ0) is 17.1. The average molecular weight is 342 g/mol. The molecule has 7 nitrogen and oxygen atoms in total. The molecule has 134 valence electrons. The molecule has 1 atom stereocenters. The van der Waals surface area contributed by atoms with Crippen LogP contribution in [0.3, 0.4) is 0 Å². The normalized spacial score (nSPS) is 21.0. The second kappa shape index (κ2) is 7.49. The Morgan fingerprint density at radius 2 is 2.12 bits per heavy atom. The summed E-state index contributed by atoms with van der Waals surface area (Å²) in [5.41, 5.74) is 3.10. The van der Waals surface area contributed by atoms with Gasteiger partial charge in [-0.05, 0) is 38.3 Å². The van der Waals surface area contributed by atoms with E-state index in [1.54, 1.807) is 0 Å². The Bertz CT molecular complexity index is 703. The minimum Gasteiger partial charge on any atom is -0.394 e. The van der Waals surface area contributed by atoms with Crippen LogP contribution in [0.25, 0.3) is 11.3 Å². The van der Waals surface area contributed by atoms with E-state index >= 15 is 0 Å². The van der Waals surface area contributed by atoms with Crippen molar-refractivity contribution >= 4 is 5.95 Å². The van der Waals surface area contributed by atoms with Crippen LogP contribution in [0.2, 0.25) is 0 Å². The van der Waals surface area contributed by atoms with Gasteiger partial charge in [0.15, 0.2) is 0 Å². The van der Waals surface area contributed by atoms with Crippen LogP contribution in [0.1, 0.15) is 37.3 Å². The van der Waals surface area contributed by atoms with E-state index in [-0.39, 0.29) is 6.61 Å². The highest BCUT2D eigenvalue weighted by Gasteiger charge is 2.24. The summed E-state index contributed by atoms with van der Waals surface area (Å²) in [6, 6.07) is 1.97. The molecule has 2 aromatic rings. The van der Waals surface area contributed by atoms with Gasteiger partial charge in [0.2, 0.25) is 5.95 Å². The van der Waals surface area contributed by atoms with Gasteiger partial charge < -0.3 is 15.3 Å². The van der Waals surface area contributed by atoms with Gasteiger partial charge in [0.25, 0.3) is 0 Å². The van der Waals surface area contributed by atoms with Crippen molar-refractivity contribution in [2.45, 2.75) is 38.1 Å². The van der Waals surface area contributed by atoms with Gasteiger partial charge in [-0.1, -0.05) is 0 Å². The van der Waals surface area contributed by atoms with Crippen molar-refractivity contribution in [2.75, 3.05) is 37.7 Å². The third kappa shape index (κ3) is 3.52. The van der Waals surface area contributed by atoms with Gasteiger partial charge in [-0.2, -0.15) is 5.10 Å². The molecule has 0 aromatic carbocycles. The number of aliphatic hydroxyl groups excluding tert-OH is 1. The summed E-state index contributed by atoms with van der Waals surface area (Å²) in [5.74, 6) is 1.21. The number of rotatable bonds is 5. The Morgan fingerprint density at radius 3 is 2.88 bits per heavy atom. The second-order valence-electron chi connectivity index (χ2n) is 6.89. The quantitative estimate of drug-likeness (QED) is 0.855. The van der Waals surface area contributed by atoms with Crippen molar-refractivity contribution in [1.29, 1.82) is 0 Å². The molecule has 0 radical (unpaired) electrons.